The molecule has 170 valence electrons. The van der Waals surface area contributed by atoms with Crippen LogP contribution in [0.3, 0.4) is 0 Å². The van der Waals surface area contributed by atoms with E-state index in [2.05, 4.69) is 10.3 Å². The monoisotopic (exact) mass is 440 g/mol. The zero-order valence-corrected chi connectivity index (χ0v) is 17.8. The maximum absolute atomic E-state index is 13.0. The fraction of sp³-hybridized carbons (Fsp3) is 0.455. The number of allylic oxidation sites excluding steroid dienone is 2. The van der Waals surface area contributed by atoms with Gasteiger partial charge in [0.2, 0.25) is 0 Å². The molecule has 1 aromatic carbocycles. The number of aromatic nitrogens is 1. The van der Waals surface area contributed by atoms with Gasteiger partial charge in [-0.3, -0.25) is 9.78 Å². The predicted molar refractivity (Wildman–Crippen MR) is 112 cm³/mol. The number of benzene rings is 1. The van der Waals surface area contributed by atoms with Gasteiger partial charge < -0.3 is 19.9 Å². The summed E-state index contributed by atoms with van der Waals surface area (Å²) in [5.74, 6) is -1.02. The van der Waals surface area contributed by atoms with Crippen LogP contribution in [0.4, 0.5) is 13.2 Å². The van der Waals surface area contributed by atoms with E-state index in [0.29, 0.717) is 41.8 Å². The molecule has 1 aliphatic rings. The first-order chi connectivity index (χ1) is 14.8. The summed E-state index contributed by atoms with van der Waals surface area (Å²) in [6, 6.07) is 5.26. The molecule has 1 aliphatic carbocycles. The Labute approximate surface area is 179 Å². The summed E-state index contributed by atoms with van der Waals surface area (Å²) in [6.07, 6.45) is -0.744. The largest absolute Gasteiger partial charge is 0.497 e. The molecule has 31 heavy (non-hydrogen) atoms. The van der Waals surface area contributed by atoms with Gasteiger partial charge in [-0.15, -0.1) is 0 Å². The standard InChI is InChI=1S/C21H23F3N2O3.CH4O/c1-28-8-7-25-20(27)15-9-14-10-17(29-2)11-18(19(14)26-12-15)13-3-5-16(6-4-13)21(22,23)24;1-2/h3,9-12,16H,4-8H2,1-2H3,(H,25,27);2H,1H3. The zero-order chi connectivity index (χ0) is 23.0. The minimum Gasteiger partial charge on any atom is -0.497 e. The molecule has 0 spiro atoms. The average molecular weight is 440 g/mol. The van der Waals surface area contributed by atoms with Crippen LogP contribution in [-0.2, 0) is 4.74 Å². The molecular formula is C22H27F3N2O4. The number of hydrogen-bond acceptors (Lipinski definition) is 5. The van der Waals surface area contributed by atoms with Crippen molar-refractivity contribution in [3.63, 3.8) is 0 Å². The number of halogens is 3. The summed E-state index contributed by atoms with van der Waals surface area (Å²) in [7, 11) is 4.07. The van der Waals surface area contributed by atoms with Crippen molar-refractivity contribution in [1.82, 2.24) is 10.3 Å². The van der Waals surface area contributed by atoms with E-state index in [-0.39, 0.29) is 18.7 Å². The molecule has 6 nitrogen and oxygen atoms in total. The van der Waals surface area contributed by atoms with Gasteiger partial charge in [0.05, 0.1) is 30.7 Å². The van der Waals surface area contributed by atoms with Gasteiger partial charge in [0.25, 0.3) is 5.91 Å². The fourth-order valence-electron chi connectivity index (χ4n) is 3.45. The van der Waals surface area contributed by atoms with Gasteiger partial charge in [0, 0.05) is 37.9 Å². The minimum atomic E-state index is -4.18. The molecule has 0 bridgehead atoms. The third kappa shape index (κ3) is 6.18. The maximum atomic E-state index is 13.0. The number of carbonyl (C=O) groups is 1. The molecule has 0 radical (unpaired) electrons. The average Bonchev–Trinajstić information content (AvgIpc) is 2.78. The molecule has 2 N–H and O–H groups in total. The van der Waals surface area contributed by atoms with E-state index >= 15 is 0 Å². The highest BCUT2D eigenvalue weighted by Gasteiger charge is 2.39. The summed E-state index contributed by atoms with van der Waals surface area (Å²) in [6.45, 7) is 0.780. The number of fused-ring (bicyclic) bond motifs is 1. The second kappa shape index (κ2) is 11.1. The molecular weight excluding hydrogens is 413 g/mol. The van der Waals surface area contributed by atoms with Gasteiger partial charge in [-0.25, -0.2) is 0 Å². The van der Waals surface area contributed by atoms with Crippen LogP contribution in [0.5, 0.6) is 5.75 Å². The van der Waals surface area contributed by atoms with Crippen LogP contribution in [-0.4, -0.2) is 56.7 Å². The van der Waals surface area contributed by atoms with Crippen LogP contribution in [0.25, 0.3) is 16.5 Å². The highest BCUT2D eigenvalue weighted by Crippen LogP contribution is 2.41. The van der Waals surface area contributed by atoms with Crippen molar-refractivity contribution in [3.8, 4) is 5.75 Å². The Balaban J connectivity index is 0.00000166. The number of aliphatic hydroxyl groups is 1. The molecule has 3 rings (SSSR count). The summed E-state index contributed by atoms with van der Waals surface area (Å²) in [5.41, 5.74) is 2.59. The van der Waals surface area contributed by atoms with Gasteiger partial charge in [0.15, 0.2) is 0 Å². The van der Waals surface area contributed by atoms with Crippen molar-refractivity contribution < 1.29 is 32.5 Å². The first-order valence-electron chi connectivity index (χ1n) is 9.79. The molecule has 1 unspecified atom stereocenters. The van der Waals surface area contributed by atoms with Gasteiger partial charge in [-0.05, 0) is 43.0 Å². The van der Waals surface area contributed by atoms with E-state index in [0.717, 1.165) is 18.2 Å². The predicted octanol–water partition coefficient (Wildman–Crippen LogP) is 3.97. The van der Waals surface area contributed by atoms with Crippen LogP contribution >= 0.6 is 0 Å². The van der Waals surface area contributed by atoms with Crippen LogP contribution in [0, 0.1) is 5.92 Å². The zero-order valence-electron chi connectivity index (χ0n) is 17.8. The number of carbonyl (C=O) groups excluding carboxylic acids is 1. The van der Waals surface area contributed by atoms with Gasteiger partial charge in [0.1, 0.15) is 5.75 Å². The van der Waals surface area contributed by atoms with E-state index in [4.69, 9.17) is 14.6 Å². The van der Waals surface area contributed by atoms with E-state index in [1.54, 1.807) is 31.4 Å². The molecule has 1 atom stereocenters. The summed E-state index contributed by atoms with van der Waals surface area (Å²) in [5, 5.41) is 10.4. The Morgan fingerprint density at radius 1 is 1.26 bits per heavy atom. The molecule has 0 saturated carbocycles. The van der Waals surface area contributed by atoms with Crippen LogP contribution in [0.2, 0.25) is 0 Å². The molecule has 0 fully saturated rings. The normalized spacial score (nSPS) is 16.2. The number of hydrogen-bond donors (Lipinski definition) is 2. The van der Waals surface area contributed by atoms with E-state index in [1.165, 1.54) is 13.3 Å². The Kier molecular flexibility index (Phi) is 8.82. The first kappa shape index (κ1) is 24.6. The number of pyridine rings is 1. The lowest BCUT2D eigenvalue weighted by atomic mass is 9.85. The molecule has 0 aliphatic heterocycles. The summed E-state index contributed by atoms with van der Waals surface area (Å²) < 4.78 is 49.2. The minimum absolute atomic E-state index is 0.0441. The number of nitrogens with zero attached hydrogens (tertiary/aromatic N) is 1. The van der Waals surface area contributed by atoms with E-state index in [9.17, 15) is 18.0 Å². The lowest BCUT2D eigenvalue weighted by Crippen LogP contribution is -2.27. The van der Waals surface area contributed by atoms with Crippen molar-refractivity contribution >= 4 is 22.4 Å². The molecule has 2 aromatic rings. The Bertz CT molecular complexity index is 929. The Morgan fingerprint density at radius 2 is 2.00 bits per heavy atom. The van der Waals surface area contributed by atoms with Crippen molar-refractivity contribution in [2.24, 2.45) is 5.92 Å². The number of methoxy groups -OCH3 is 2. The van der Waals surface area contributed by atoms with Gasteiger partial charge >= 0.3 is 6.18 Å². The van der Waals surface area contributed by atoms with Crippen molar-refractivity contribution in [2.75, 3.05) is 34.5 Å². The van der Waals surface area contributed by atoms with Crippen molar-refractivity contribution in [1.29, 1.82) is 0 Å². The van der Waals surface area contributed by atoms with E-state index in [1.807, 2.05) is 0 Å². The Morgan fingerprint density at radius 3 is 2.58 bits per heavy atom. The molecule has 9 heteroatoms. The van der Waals surface area contributed by atoms with Crippen LogP contribution < -0.4 is 10.1 Å². The second-order valence-electron chi connectivity index (χ2n) is 6.96. The van der Waals surface area contributed by atoms with Crippen molar-refractivity contribution in [2.45, 2.75) is 25.4 Å². The first-order valence-corrected chi connectivity index (χ1v) is 9.79. The quantitative estimate of drug-likeness (QED) is 0.665. The topological polar surface area (TPSA) is 80.7 Å². The SMILES string of the molecule is CO.COCCNC(=O)c1cnc2c(C3=CCC(C(F)(F)F)CC3)cc(OC)cc2c1. The number of alkyl halides is 3. The lowest BCUT2D eigenvalue weighted by molar-refractivity contribution is -0.175. The Hall–Kier alpha value is -2.65. The number of rotatable bonds is 6. The lowest BCUT2D eigenvalue weighted by Gasteiger charge is -2.24. The number of aliphatic hydroxyl groups excluding tert-OH is 1. The van der Waals surface area contributed by atoms with Gasteiger partial charge in [-0.1, -0.05) is 6.08 Å². The van der Waals surface area contributed by atoms with Crippen LogP contribution in [0.15, 0.2) is 30.5 Å². The number of ether oxygens (including phenoxy) is 2. The summed E-state index contributed by atoms with van der Waals surface area (Å²) >= 11 is 0. The second-order valence-corrected chi connectivity index (χ2v) is 6.96. The van der Waals surface area contributed by atoms with Crippen molar-refractivity contribution in [3.05, 3.63) is 41.6 Å². The summed E-state index contributed by atoms with van der Waals surface area (Å²) in [4.78, 5) is 16.7. The molecule has 1 heterocycles. The molecule has 0 saturated heterocycles. The number of amides is 1. The highest BCUT2D eigenvalue weighted by atomic mass is 19.4. The van der Waals surface area contributed by atoms with Crippen LogP contribution in [0.1, 0.15) is 35.2 Å². The third-order valence-electron chi connectivity index (χ3n) is 5.07. The maximum Gasteiger partial charge on any atom is 0.392 e. The highest BCUT2D eigenvalue weighted by molar-refractivity contribution is 5.99. The molecule has 1 amide bonds. The third-order valence-corrected chi connectivity index (χ3v) is 5.07. The van der Waals surface area contributed by atoms with E-state index < -0.39 is 12.1 Å². The molecule has 1 aromatic heterocycles. The fourth-order valence-corrected chi connectivity index (χ4v) is 3.45. The van der Waals surface area contributed by atoms with Gasteiger partial charge in [-0.2, -0.15) is 13.2 Å². The smallest absolute Gasteiger partial charge is 0.392 e. The number of nitrogens with one attached hydrogen (secondary N) is 1.